The second-order valence-electron chi connectivity index (χ2n) is 7.84. The van der Waals surface area contributed by atoms with Crippen molar-refractivity contribution >= 4 is 13.7 Å². The highest BCUT2D eigenvalue weighted by Gasteiger charge is 2.23. The van der Waals surface area contributed by atoms with Gasteiger partial charge in [-0.15, -0.1) is 0 Å². The van der Waals surface area contributed by atoms with Gasteiger partial charge in [-0.3, -0.25) is 13.8 Å². The Bertz CT molecular complexity index is 472. The summed E-state index contributed by atoms with van der Waals surface area (Å²) in [6.45, 7) is 7.99. The first-order chi connectivity index (χ1) is 13.2. The summed E-state index contributed by atoms with van der Waals surface area (Å²) in [6.07, 6.45) is 11.3. The lowest BCUT2D eigenvalue weighted by atomic mass is 10.1. The Morgan fingerprint density at radius 3 is 2.18 bits per heavy atom. The number of carbonyl (C=O) groups is 1. The molecule has 0 saturated carbocycles. The van der Waals surface area contributed by atoms with Crippen molar-refractivity contribution in [1.29, 1.82) is 0 Å². The van der Waals surface area contributed by atoms with Gasteiger partial charge in [0.05, 0.1) is 27.2 Å². The van der Waals surface area contributed by atoms with E-state index in [4.69, 9.17) is 9.05 Å². The fraction of sp³-hybridized carbons (Fsp3) is 0.850. The lowest BCUT2D eigenvalue weighted by Crippen LogP contribution is -2.44. The number of phosphoric ester groups is 1. The van der Waals surface area contributed by atoms with Gasteiger partial charge in [-0.25, -0.2) is 4.57 Å². The largest absolute Gasteiger partial charge is 0.472 e. The molecule has 7 nitrogen and oxygen atoms in total. The van der Waals surface area contributed by atoms with Crippen LogP contribution in [0.3, 0.4) is 0 Å². The maximum Gasteiger partial charge on any atom is 0.472 e. The number of phosphoric acid groups is 1. The lowest BCUT2D eigenvalue weighted by molar-refractivity contribution is -0.890. The van der Waals surface area contributed by atoms with Gasteiger partial charge in [-0.05, 0) is 12.5 Å². The molecule has 28 heavy (non-hydrogen) atoms. The van der Waals surface area contributed by atoms with Crippen LogP contribution >= 0.6 is 7.82 Å². The van der Waals surface area contributed by atoms with Gasteiger partial charge < -0.3 is 14.7 Å². The monoisotopic (exact) mass is 421 g/mol. The molecule has 0 aromatic carbocycles. The smallest absolute Gasteiger partial charge is 0.352 e. The minimum absolute atomic E-state index is 0.150. The third-order valence-electron chi connectivity index (χ3n) is 4.63. The highest BCUT2D eigenvalue weighted by atomic mass is 31.2. The summed E-state index contributed by atoms with van der Waals surface area (Å²) in [7, 11) is 0.0565. The predicted octanol–water partition coefficient (Wildman–Crippen LogP) is 4.03. The molecule has 1 amide bonds. The Labute approximate surface area is 171 Å². The van der Waals surface area contributed by atoms with Crippen molar-refractivity contribution in [3.8, 4) is 0 Å². The molecule has 1 atom stereocenters. The second kappa shape index (κ2) is 16.1. The van der Waals surface area contributed by atoms with Crippen molar-refractivity contribution in [2.24, 2.45) is 0 Å². The van der Waals surface area contributed by atoms with E-state index in [1.165, 1.54) is 38.2 Å². The van der Waals surface area contributed by atoms with E-state index in [2.05, 4.69) is 18.8 Å². The lowest BCUT2D eigenvalue weighted by Gasteiger charge is -2.29. The molecular formula is C20H42N2O5P+. The Kier molecular flexibility index (Phi) is 15.7. The Morgan fingerprint density at radius 1 is 1.00 bits per heavy atom. The molecule has 166 valence electrons. The fourth-order valence-corrected chi connectivity index (χ4v) is 3.51. The molecule has 0 saturated heterocycles. The van der Waals surface area contributed by atoms with Gasteiger partial charge >= 0.3 is 7.82 Å². The Morgan fingerprint density at radius 2 is 1.57 bits per heavy atom. The average molecular weight is 422 g/mol. The highest BCUT2D eigenvalue weighted by Crippen LogP contribution is 2.43. The number of hydrogen-bond acceptors (Lipinski definition) is 4. The number of amides is 1. The van der Waals surface area contributed by atoms with E-state index in [0.717, 1.165) is 32.2 Å². The quantitative estimate of drug-likeness (QED) is 0.142. The minimum Gasteiger partial charge on any atom is -0.352 e. The fourth-order valence-electron chi connectivity index (χ4n) is 2.76. The van der Waals surface area contributed by atoms with Crippen LogP contribution in [0.5, 0.6) is 0 Å². The molecule has 0 aromatic heterocycles. The van der Waals surface area contributed by atoms with Gasteiger partial charge in [-0.2, -0.15) is 0 Å². The van der Waals surface area contributed by atoms with Gasteiger partial charge in [0.15, 0.2) is 0 Å². The van der Waals surface area contributed by atoms with Crippen LogP contribution in [0.15, 0.2) is 12.7 Å². The highest BCUT2D eigenvalue weighted by molar-refractivity contribution is 7.47. The SMILES string of the molecule is C=CC(=O)NCCC[N+](C)(C)CCOP(=O)(O)OCCCCCCCCCC. The number of likely N-dealkylation sites (N-methyl/N-ethyl adjacent to an activating group) is 1. The molecule has 0 aromatic rings. The summed E-state index contributed by atoms with van der Waals surface area (Å²) in [5, 5.41) is 2.73. The molecule has 0 bridgehead atoms. The topological polar surface area (TPSA) is 84.9 Å². The van der Waals surface area contributed by atoms with Crippen LogP contribution in [0.2, 0.25) is 0 Å². The zero-order valence-electron chi connectivity index (χ0n) is 18.2. The first-order valence-corrected chi connectivity index (χ1v) is 12.1. The van der Waals surface area contributed by atoms with Crippen molar-refractivity contribution in [3.63, 3.8) is 0 Å². The van der Waals surface area contributed by atoms with Crippen LogP contribution in [0.4, 0.5) is 0 Å². The number of carbonyl (C=O) groups excluding carboxylic acids is 1. The van der Waals surface area contributed by atoms with E-state index in [0.29, 0.717) is 17.6 Å². The molecule has 2 N–H and O–H groups in total. The van der Waals surface area contributed by atoms with Gasteiger partial charge in [0.1, 0.15) is 13.2 Å². The van der Waals surface area contributed by atoms with Crippen LogP contribution < -0.4 is 5.32 Å². The standard InChI is InChI=1S/C20H41N2O5P/c1-5-7-8-9-10-11-12-13-18-26-28(24,25)27-19-17-22(3,4)16-14-15-21-20(23)6-2/h6H,2,5,7-19H2,1,3-4H3,(H-,21,23,24,25)/p+1. The van der Waals surface area contributed by atoms with E-state index < -0.39 is 7.82 Å². The number of unbranched alkanes of at least 4 members (excludes halogenated alkanes) is 7. The van der Waals surface area contributed by atoms with Gasteiger partial charge in [0.2, 0.25) is 5.91 Å². The molecule has 0 fully saturated rings. The van der Waals surface area contributed by atoms with E-state index >= 15 is 0 Å². The zero-order chi connectivity index (χ0) is 21.3. The number of hydrogen-bond donors (Lipinski definition) is 2. The maximum atomic E-state index is 11.9. The second-order valence-corrected chi connectivity index (χ2v) is 9.30. The van der Waals surface area contributed by atoms with Crippen LogP contribution in [0.25, 0.3) is 0 Å². The molecule has 0 radical (unpaired) electrons. The Hall–Kier alpha value is -0.720. The van der Waals surface area contributed by atoms with Gasteiger partial charge in [-0.1, -0.05) is 58.4 Å². The van der Waals surface area contributed by atoms with Crippen LogP contribution in [-0.2, 0) is 18.4 Å². The number of nitrogens with one attached hydrogen (secondary N) is 1. The summed E-state index contributed by atoms with van der Waals surface area (Å²) in [6, 6.07) is 0. The van der Waals surface area contributed by atoms with Crippen molar-refractivity contribution in [2.45, 2.75) is 64.7 Å². The molecule has 0 aliphatic rings. The first kappa shape index (κ1) is 27.3. The summed E-state index contributed by atoms with van der Waals surface area (Å²) < 4.78 is 22.7. The van der Waals surface area contributed by atoms with Crippen molar-refractivity contribution in [2.75, 3.05) is 46.9 Å². The van der Waals surface area contributed by atoms with Gasteiger partial charge in [0, 0.05) is 13.0 Å². The average Bonchev–Trinajstić information content (AvgIpc) is 2.63. The molecule has 0 heterocycles. The maximum absolute atomic E-state index is 11.9. The minimum atomic E-state index is -3.98. The summed E-state index contributed by atoms with van der Waals surface area (Å²) in [5.41, 5.74) is 0. The summed E-state index contributed by atoms with van der Waals surface area (Å²) in [5.74, 6) is -0.177. The van der Waals surface area contributed by atoms with Crippen molar-refractivity contribution in [1.82, 2.24) is 5.32 Å². The van der Waals surface area contributed by atoms with E-state index in [-0.39, 0.29) is 19.1 Å². The number of rotatable bonds is 19. The van der Waals surface area contributed by atoms with Gasteiger partial charge in [0.25, 0.3) is 0 Å². The van der Waals surface area contributed by atoms with Crippen LogP contribution in [0, 0.1) is 0 Å². The summed E-state index contributed by atoms with van der Waals surface area (Å²) >= 11 is 0. The predicted molar refractivity (Wildman–Crippen MR) is 114 cm³/mol. The first-order valence-electron chi connectivity index (χ1n) is 10.6. The van der Waals surface area contributed by atoms with E-state index in [9.17, 15) is 14.3 Å². The summed E-state index contributed by atoms with van der Waals surface area (Å²) in [4.78, 5) is 20.9. The third-order valence-corrected chi connectivity index (χ3v) is 5.65. The van der Waals surface area contributed by atoms with Crippen LogP contribution in [-0.4, -0.2) is 62.2 Å². The van der Waals surface area contributed by atoms with E-state index in [1.54, 1.807) is 0 Å². The third kappa shape index (κ3) is 17.4. The van der Waals surface area contributed by atoms with Crippen molar-refractivity contribution in [3.05, 3.63) is 12.7 Å². The number of nitrogens with zero attached hydrogens (tertiary/aromatic N) is 1. The zero-order valence-corrected chi connectivity index (χ0v) is 19.1. The van der Waals surface area contributed by atoms with Crippen molar-refractivity contribution < 1.29 is 27.8 Å². The molecule has 1 unspecified atom stereocenters. The van der Waals surface area contributed by atoms with E-state index in [1.807, 2.05) is 14.1 Å². The normalized spacial score (nSPS) is 13.9. The molecule has 0 spiro atoms. The molecule has 0 rings (SSSR count). The van der Waals surface area contributed by atoms with Crippen LogP contribution in [0.1, 0.15) is 64.7 Å². The molecule has 0 aliphatic carbocycles. The number of quaternary nitrogens is 1. The molecule has 8 heteroatoms. The molecular weight excluding hydrogens is 379 g/mol. The Balaban J connectivity index is 3.75. The molecule has 0 aliphatic heterocycles.